The van der Waals surface area contributed by atoms with Crippen molar-refractivity contribution in [1.82, 2.24) is 15.2 Å². The average Bonchev–Trinajstić information content (AvgIpc) is 3.96. The van der Waals surface area contributed by atoms with Gasteiger partial charge in [0.25, 0.3) is 0 Å². The van der Waals surface area contributed by atoms with Crippen LogP contribution in [0.25, 0.3) is 10.9 Å². The van der Waals surface area contributed by atoms with Crippen molar-refractivity contribution >= 4 is 59.7 Å². The summed E-state index contributed by atoms with van der Waals surface area (Å²) in [6, 6.07) is 14.0. The van der Waals surface area contributed by atoms with Crippen molar-refractivity contribution in [2.75, 3.05) is 38.6 Å². The summed E-state index contributed by atoms with van der Waals surface area (Å²) in [7, 11) is -0.685. The number of likely N-dealkylation sites (tertiary alicyclic amines) is 1. The first-order chi connectivity index (χ1) is 29.4. The minimum Gasteiger partial charge on any atom is -0.506 e. The van der Waals surface area contributed by atoms with Crippen LogP contribution < -0.4 is 20.9 Å². The smallest absolute Gasteiger partial charge is 0.341 e. The van der Waals surface area contributed by atoms with Gasteiger partial charge in [-0.25, -0.2) is 4.79 Å². The van der Waals surface area contributed by atoms with Crippen molar-refractivity contribution in [1.29, 1.82) is 0 Å². The molecule has 3 heterocycles. The van der Waals surface area contributed by atoms with Crippen molar-refractivity contribution in [3.8, 4) is 11.5 Å². The number of pyridine rings is 1. The quantitative estimate of drug-likeness (QED) is 0.0646. The van der Waals surface area contributed by atoms with Crippen LogP contribution in [0.2, 0.25) is 23.2 Å². The molecule has 1 amide bonds. The molecule has 62 heavy (non-hydrogen) atoms. The lowest BCUT2D eigenvalue weighted by molar-refractivity contribution is -0.214. The number of hydrogen-bond donors (Lipinski definition) is 5. The van der Waals surface area contributed by atoms with Crippen LogP contribution in [-0.4, -0.2) is 79.7 Å². The molecule has 7 rings (SSSR count). The normalized spacial score (nSPS) is 19.0. The summed E-state index contributed by atoms with van der Waals surface area (Å²) < 4.78 is 19.4. The van der Waals surface area contributed by atoms with Gasteiger partial charge in [0.15, 0.2) is 8.32 Å². The number of aromatic hydroxyl groups is 1. The van der Waals surface area contributed by atoms with E-state index in [0.29, 0.717) is 53.4 Å². The maximum atomic E-state index is 13.3. The van der Waals surface area contributed by atoms with Crippen molar-refractivity contribution in [3.05, 3.63) is 85.3 Å². The van der Waals surface area contributed by atoms with Crippen LogP contribution in [0.5, 0.6) is 11.5 Å². The second-order valence-electron chi connectivity index (χ2n) is 19.2. The van der Waals surface area contributed by atoms with E-state index in [4.69, 9.17) is 25.5 Å². The molecule has 5 N–H and O–H groups in total. The first kappa shape index (κ1) is 46.2. The summed E-state index contributed by atoms with van der Waals surface area (Å²) >= 11 is 8.27. The zero-order valence-electron chi connectivity index (χ0n) is 36.9. The van der Waals surface area contributed by atoms with Crippen LogP contribution in [0, 0.1) is 11.3 Å². The minimum absolute atomic E-state index is 0.00132. The number of hydrogen-bond acceptors (Lipinski definition) is 10. The molecule has 1 unspecified atom stereocenters. The number of phenols is 1. The Morgan fingerprint density at radius 3 is 2.45 bits per heavy atom. The molecule has 336 valence electrons. The number of thiophene rings is 1. The number of methoxy groups -OCH3 is 1. The van der Waals surface area contributed by atoms with Crippen molar-refractivity contribution in [3.63, 3.8) is 0 Å². The molecule has 2 aromatic carbocycles. The van der Waals surface area contributed by atoms with E-state index in [-0.39, 0.29) is 39.7 Å². The van der Waals surface area contributed by atoms with Crippen LogP contribution in [0.3, 0.4) is 0 Å². The number of carbonyl (C=O) groups excluding carboxylic acids is 1. The summed E-state index contributed by atoms with van der Waals surface area (Å²) in [6.07, 6.45) is 7.50. The highest BCUT2D eigenvalue weighted by Gasteiger charge is 2.56. The zero-order valence-corrected chi connectivity index (χ0v) is 39.5. The standard InChI is InChI=1S/C47H63ClN4O8SSi/c1-45(2,3)62(5,6)60-39(33-13-15-37(53)43-34(33)14-16-41(54)51-43)29-49-28-30-24-35(48)36(25-38(30)58-4)50-42(55)17-20-52-21-18-46(19-22-52)26-32(27-46)59-47(44(56)57,31-10-7-8-11-31)40-12-9-23-61-40/h9,12-16,23-25,31-32,39,49,53H,7-8,10-11,17-22,26-29H2,1-6H3,(H,50,55)(H,51,54)(H,56,57)/t39-,47?/m0/s1. The lowest BCUT2D eigenvalue weighted by atomic mass is 9.61. The molecule has 0 bridgehead atoms. The van der Waals surface area contributed by atoms with E-state index in [2.05, 4.69) is 54.4 Å². The largest absolute Gasteiger partial charge is 0.506 e. The fourth-order valence-electron chi connectivity index (χ4n) is 9.54. The van der Waals surface area contributed by atoms with Crippen LogP contribution >= 0.6 is 22.9 Å². The van der Waals surface area contributed by atoms with Gasteiger partial charge in [0.2, 0.25) is 17.1 Å². The van der Waals surface area contributed by atoms with E-state index in [0.717, 1.165) is 80.5 Å². The van der Waals surface area contributed by atoms with E-state index in [1.807, 2.05) is 29.6 Å². The second kappa shape index (κ2) is 18.8. The number of phenolic OH excluding ortho intramolecular Hbond substituents is 1. The summed E-state index contributed by atoms with van der Waals surface area (Å²) in [6.45, 7) is 14.2. The molecule has 2 atom stereocenters. The maximum absolute atomic E-state index is 13.3. The third-order valence-electron chi connectivity index (χ3n) is 14.2. The van der Waals surface area contributed by atoms with Gasteiger partial charge >= 0.3 is 5.97 Å². The molecular formula is C47H63ClN4O8SSi. The highest BCUT2D eigenvalue weighted by atomic mass is 35.5. The van der Waals surface area contributed by atoms with Crippen LogP contribution in [-0.2, 0) is 30.9 Å². The fraction of sp³-hybridized carbons (Fsp3) is 0.553. The number of carboxylic acid groups (broad SMARTS) is 1. The van der Waals surface area contributed by atoms with Gasteiger partial charge in [-0.3, -0.25) is 9.59 Å². The number of aliphatic carboxylic acids is 1. The monoisotopic (exact) mass is 906 g/mol. The number of aromatic nitrogens is 1. The molecule has 0 radical (unpaired) electrons. The highest BCUT2D eigenvalue weighted by Crippen LogP contribution is 2.55. The molecule has 15 heteroatoms. The predicted molar refractivity (Wildman–Crippen MR) is 248 cm³/mol. The third kappa shape index (κ3) is 9.81. The predicted octanol–water partition coefficient (Wildman–Crippen LogP) is 9.57. The number of halogens is 1. The Morgan fingerprint density at radius 2 is 1.81 bits per heavy atom. The van der Waals surface area contributed by atoms with Crippen molar-refractivity contribution in [2.45, 2.75) is 121 Å². The molecule has 1 saturated heterocycles. The Hall–Kier alpha value is -3.76. The summed E-state index contributed by atoms with van der Waals surface area (Å²) in [4.78, 5) is 44.2. The number of nitrogens with zero attached hydrogens (tertiary/aromatic N) is 1. The minimum atomic E-state index is -2.28. The highest BCUT2D eigenvalue weighted by molar-refractivity contribution is 7.10. The molecule has 1 aliphatic heterocycles. The number of fused-ring (bicyclic) bond motifs is 1. The molecule has 3 fully saturated rings. The Morgan fingerprint density at radius 1 is 1.08 bits per heavy atom. The number of H-pyrrole nitrogens is 1. The lowest BCUT2D eigenvalue weighted by Crippen LogP contribution is -2.55. The number of nitrogens with one attached hydrogen (secondary N) is 3. The maximum Gasteiger partial charge on any atom is 0.341 e. The first-order valence-corrected chi connectivity index (χ1v) is 26.2. The van der Waals surface area contributed by atoms with Gasteiger partial charge in [-0.15, -0.1) is 11.3 Å². The van der Waals surface area contributed by atoms with Gasteiger partial charge in [-0.1, -0.05) is 57.3 Å². The number of carbonyl (C=O) groups is 2. The van der Waals surface area contributed by atoms with E-state index in [1.54, 1.807) is 25.3 Å². The molecule has 2 aliphatic carbocycles. The topological polar surface area (TPSA) is 162 Å². The molecule has 2 saturated carbocycles. The lowest BCUT2D eigenvalue weighted by Gasteiger charge is -2.54. The molecule has 12 nitrogen and oxygen atoms in total. The van der Waals surface area contributed by atoms with Crippen LogP contribution in [0.1, 0.15) is 101 Å². The Bertz CT molecular complexity index is 2280. The Labute approximate surface area is 374 Å². The van der Waals surface area contributed by atoms with E-state index in [9.17, 15) is 24.6 Å². The van der Waals surface area contributed by atoms with Crippen LogP contribution in [0.4, 0.5) is 5.69 Å². The molecule has 3 aliphatic rings. The molecular weight excluding hydrogens is 844 g/mol. The Balaban J connectivity index is 0.918. The first-order valence-electron chi connectivity index (χ1n) is 22.0. The van der Waals surface area contributed by atoms with Gasteiger partial charge in [0.05, 0.1) is 35.5 Å². The van der Waals surface area contributed by atoms with Gasteiger partial charge < -0.3 is 44.6 Å². The van der Waals surface area contributed by atoms with Crippen LogP contribution in [0.15, 0.2) is 58.7 Å². The van der Waals surface area contributed by atoms with Crippen molar-refractivity contribution in [2.24, 2.45) is 11.3 Å². The molecule has 2 aromatic heterocycles. The number of carboxylic acids is 1. The average molecular weight is 908 g/mol. The second-order valence-corrected chi connectivity index (χ2v) is 25.3. The number of aromatic amines is 1. The summed E-state index contributed by atoms with van der Waals surface area (Å²) in [5, 5.41) is 30.7. The zero-order chi connectivity index (χ0) is 44.5. The number of benzene rings is 2. The fourth-order valence-corrected chi connectivity index (χ4v) is 12.0. The van der Waals surface area contributed by atoms with Crippen molar-refractivity contribution < 1.29 is 33.7 Å². The number of piperidine rings is 1. The number of amides is 1. The van der Waals surface area contributed by atoms with Gasteiger partial charge in [0.1, 0.15) is 11.5 Å². The van der Waals surface area contributed by atoms with Gasteiger partial charge in [-0.2, -0.15) is 0 Å². The number of ether oxygens (including phenoxy) is 2. The Kier molecular flexibility index (Phi) is 14.0. The molecule has 1 spiro atoms. The summed E-state index contributed by atoms with van der Waals surface area (Å²) in [5.74, 6) is -0.409. The number of anilines is 1. The van der Waals surface area contributed by atoms with E-state index < -0.39 is 26.0 Å². The van der Waals surface area contributed by atoms with Gasteiger partial charge in [-0.05, 0) is 110 Å². The van der Waals surface area contributed by atoms with Gasteiger partial charge in [0, 0.05) is 59.9 Å². The van der Waals surface area contributed by atoms with E-state index >= 15 is 0 Å². The van der Waals surface area contributed by atoms with E-state index in [1.165, 1.54) is 17.4 Å². The summed E-state index contributed by atoms with van der Waals surface area (Å²) in [5.41, 5.74) is 1.14. The SMILES string of the molecule is COc1cc(NC(=O)CCN2CCC3(CC2)CC(OC(C(=O)O)(c2cccs2)C2CCCC2)C3)c(Cl)cc1CNC[C@H](O[Si](C)(C)C(C)(C)C)c1ccc(O)c2[nH]c(=O)ccc12. The third-order valence-corrected chi connectivity index (χ3v) is 20.0. The number of rotatable bonds is 17. The molecule has 4 aromatic rings.